The van der Waals surface area contributed by atoms with Crippen molar-refractivity contribution in [3.63, 3.8) is 0 Å². The molecule has 0 aromatic carbocycles. The van der Waals surface area contributed by atoms with Gasteiger partial charge in [0.1, 0.15) is 0 Å². The van der Waals surface area contributed by atoms with Crippen molar-refractivity contribution in [1.29, 1.82) is 0 Å². The van der Waals surface area contributed by atoms with E-state index < -0.39 is 0 Å². The van der Waals surface area contributed by atoms with Gasteiger partial charge in [-0.2, -0.15) is 5.10 Å². The van der Waals surface area contributed by atoms with Crippen LogP contribution in [-0.4, -0.2) is 29.3 Å². The monoisotopic (exact) mass is 220 g/mol. The van der Waals surface area contributed by atoms with Crippen molar-refractivity contribution < 1.29 is 0 Å². The lowest BCUT2D eigenvalue weighted by Gasteiger charge is -2.38. The number of anilines is 1. The van der Waals surface area contributed by atoms with Crippen LogP contribution >= 0.6 is 0 Å². The maximum Gasteiger partial charge on any atom is 0.151 e. The minimum absolute atomic E-state index is 0.417. The molecule has 4 nitrogen and oxygen atoms in total. The first-order chi connectivity index (χ1) is 7.70. The number of aromatic nitrogens is 2. The van der Waals surface area contributed by atoms with Crippen LogP contribution in [0.4, 0.5) is 5.82 Å². The Kier molecular flexibility index (Phi) is 3.39. The van der Waals surface area contributed by atoms with E-state index in [1.807, 2.05) is 19.1 Å². The van der Waals surface area contributed by atoms with E-state index in [1.165, 1.54) is 6.42 Å². The molecule has 2 unspecified atom stereocenters. The summed E-state index contributed by atoms with van der Waals surface area (Å²) in [6.45, 7) is 5.98. The zero-order chi connectivity index (χ0) is 11.5. The van der Waals surface area contributed by atoms with E-state index in [-0.39, 0.29) is 0 Å². The predicted octanol–water partition coefficient (Wildman–Crippen LogP) is 1.35. The maximum atomic E-state index is 5.83. The van der Waals surface area contributed by atoms with Crippen LogP contribution in [0.3, 0.4) is 0 Å². The van der Waals surface area contributed by atoms with Gasteiger partial charge in [0.15, 0.2) is 5.82 Å². The van der Waals surface area contributed by atoms with E-state index in [0.29, 0.717) is 12.6 Å². The smallest absolute Gasteiger partial charge is 0.151 e. The fraction of sp³-hybridized carbons (Fsp3) is 0.667. The minimum atomic E-state index is 0.417. The quantitative estimate of drug-likeness (QED) is 0.817. The number of hydrogen-bond donors (Lipinski definition) is 1. The van der Waals surface area contributed by atoms with Crippen LogP contribution in [0.2, 0.25) is 0 Å². The molecule has 0 aliphatic carbocycles. The lowest BCUT2D eigenvalue weighted by molar-refractivity contribution is 0.364. The van der Waals surface area contributed by atoms with Crippen LogP contribution in [0.1, 0.15) is 25.5 Å². The highest BCUT2D eigenvalue weighted by Crippen LogP contribution is 2.25. The molecule has 0 saturated carbocycles. The Hall–Kier alpha value is -1.16. The molecular formula is C12H20N4. The van der Waals surface area contributed by atoms with E-state index in [9.17, 15) is 0 Å². The molecule has 1 fully saturated rings. The topological polar surface area (TPSA) is 55.0 Å². The average molecular weight is 220 g/mol. The van der Waals surface area contributed by atoms with Gasteiger partial charge in [0, 0.05) is 19.1 Å². The molecule has 1 saturated heterocycles. The van der Waals surface area contributed by atoms with Gasteiger partial charge in [-0.05, 0) is 37.8 Å². The second-order valence-electron chi connectivity index (χ2n) is 4.75. The summed E-state index contributed by atoms with van der Waals surface area (Å²) in [6, 6.07) is 4.47. The second-order valence-corrected chi connectivity index (χ2v) is 4.75. The Labute approximate surface area is 96.9 Å². The van der Waals surface area contributed by atoms with Gasteiger partial charge in [0.25, 0.3) is 0 Å². The van der Waals surface area contributed by atoms with Crippen molar-refractivity contribution in [3.05, 3.63) is 17.8 Å². The molecule has 0 amide bonds. The molecule has 2 rings (SSSR count). The normalized spacial score (nSPS) is 25.8. The first-order valence-corrected chi connectivity index (χ1v) is 5.97. The molecule has 0 radical (unpaired) electrons. The fourth-order valence-corrected chi connectivity index (χ4v) is 2.32. The number of aryl methyl sites for hydroxylation is 1. The summed E-state index contributed by atoms with van der Waals surface area (Å²) in [6.07, 6.45) is 2.37. The molecular weight excluding hydrogens is 200 g/mol. The van der Waals surface area contributed by atoms with Crippen molar-refractivity contribution in [2.75, 3.05) is 18.0 Å². The summed E-state index contributed by atoms with van der Waals surface area (Å²) in [4.78, 5) is 2.30. The van der Waals surface area contributed by atoms with Crippen LogP contribution in [0.5, 0.6) is 0 Å². The molecule has 1 aliphatic rings. The number of nitrogens with zero attached hydrogens (tertiary/aromatic N) is 3. The Morgan fingerprint density at radius 2 is 2.25 bits per heavy atom. The Morgan fingerprint density at radius 3 is 2.88 bits per heavy atom. The third kappa shape index (κ3) is 2.32. The van der Waals surface area contributed by atoms with Gasteiger partial charge < -0.3 is 10.6 Å². The van der Waals surface area contributed by atoms with E-state index in [4.69, 9.17) is 5.73 Å². The summed E-state index contributed by atoms with van der Waals surface area (Å²) in [7, 11) is 0. The van der Waals surface area contributed by atoms with Gasteiger partial charge in [-0.3, -0.25) is 0 Å². The van der Waals surface area contributed by atoms with Crippen molar-refractivity contribution in [3.8, 4) is 0 Å². The maximum absolute atomic E-state index is 5.83. The van der Waals surface area contributed by atoms with E-state index >= 15 is 0 Å². The van der Waals surface area contributed by atoms with Gasteiger partial charge >= 0.3 is 0 Å². The lowest BCUT2D eigenvalue weighted by atomic mass is 9.92. The third-order valence-electron chi connectivity index (χ3n) is 3.33. The second kappa shape index (κ2) is 4.78. The molecule has 0 bridgehead atoms. The summed E-state index contributed by atoms with van der Waals surface area (Å²) in [5.41, 5.74) is 6.79. The zero-order valence-electron chi connectivity index (χ0n) is 10.1. The van der Waals surface area contributed by atoms with Crippen LogP contribution in [0.15, 0.2) is 12.1 Å². The number of rotatable bonds is 2. The molecule has 1 aliphatic heterocycles. The number of nitrogens with two attached hydrogens (primary N) is 1. The fourth-order valence-electron chi connectivity index (χ4n) is 2.32. The lowest BCUT2D eigenvalue weighted by Crippen LogP contribution is -2.46. The third-order valence-corrected chi connectivity index (χ3v) is 3.33. The van der Waals surface area contributed by atoms with Crippen molar-refractivity contribution in [2.45, 2.75) is 32.7 Å². The molecule has 2 heterocycles. The molecule has 16 heavy (non-hydrogen) atoms. The van der Waals surface area contributed by atoms with E-state index in [2.05, 4.69) is 22.0 Å². The Bertz CT molecular complexity index is 335. The molecule has 4 heteroatoms. The van der Waals surface area contributed by atoms with E-state index in [1.54, 1.807) is 0 Å². The Morgan fingerprint density at radius 1 is 1.44 bits per heavy atom. The highest BCUT2D eigenvalue weighted by atomic mass is 15.3. The van der Waals surface area contributed by atoms with Crippen molar-refractivity contribution in [1.82, 2.24) is 10.2 Å². The zero-order valence-corrected chi connectivity index (χ0v) is 10.1. The van der Waals surface area contributed by atoms with Gasteiger partial charge in [-0.25, -0.2) is 0 Å². The molecule has 2 N–H and O–H groups in total. The molecule has 1 aromatic heterocycles. The van der Waals surface area contributed by atoms with Crippen LogP contribution in [-0.2, 0) is 0 Å². The minimum Gasteiger partial charge on any atom is -0.351 e. The van der Waals surface area contributed by atoms with Crippen LogP contribution in [0.25, 0.3) is 0 Å². The average Bonchev–Trinajstić information content (AvgIpc) is 2.30. The van der Waals surface area contributed by atoms with Crippen molar-refractivity contribution >= 4 is 5.82 Å². The van der Waals surface area contributed by atoms with E-state index in [0.717, 1.165) is 30.4 Å². The molecule has 1 aromatic rings. The molecule has 88 valence electrons. The van der Waals surface area contributed by atoms with Gasteiger partial charge in [-0.1, -0.05) is 6.92 Å². The summed E-state index contributed by atoms with van der Waals surface area (Å²) < 4.78 is 0. The molecule has 0 spiro atoms. The highest BCUT2D eigenvalue weighted by Gasteiger charge is 2.26. The molecule has 2 atom stereocenters. The first kappa shape index (κ1) is 11.3. The van der Waals surface area contributed by atoms with Gasteiger partial charge in [-0.15, -0.1) is 5.10 Å². The number of piperidine rings is 1. The van der Waals surface area contributed by atoms with Gasteiger partial charge in [0.05, 0.1) is 5.69 Å². The first-order valence-electron chi connectivity index (χ1n) is 5.97. The van der Waals surface area contributed by atoms with Gasteiger partial charge in [0.2, 0.25) is 0 Å². The largest absolute Gasteiger partial charge is 0.351 e. The number of hydrogen-bond acceptors (Lipinski definition) is 4. The summed E-state index contributed by atoms with van der Waals surface area (Å²) in [5, 5.41) is 8.36. The Balaban J connectivity index is 2.15. The SMILES string of the molecule is Cc1ccc(N2CCC(C)CC2CN)nn1. The summed E-state index contributed by atoms with van der Waals surface area (Å²) >= 11 is 0. The summed E-state index contributed by atoms with van der Waals surface area (Å²) in [5.74, 6) is 1.73. The van der Waals surface area contributed by atoms with Crippen LogP contribution < -0.4 is 10.6 Å². The predicted molar refractivity (Wildman–Crippen MR) is 65.4 cm³/mol. The highest BCUT2D eigenvalue weighted by molar-refractivity contribution is 5.39. The standard InChI is InChI=1S/C12H20N4/c1-9-5-6-16(11(7-9)8-13)12-4-3-10(2)14-15-12/h3-4,9,11H,5-8,13H2,1-2H3. The van der Waals surface area contributed by atoms with Crippen LogP contribution in [0, 0.1) is 12.8 Å². The van der Waals surface area contributed by atoms with Crippen molar-refractivity contribution in [2.24, 2.45) is 11.7 Å².